The van der Waals surface area contributed by atoms with Gasteiger partial charge in [-0.1, -0.05) is 6.07 Å². The molecular formula is C21H27NO7. The van der Waals surface area contributed by atoms with Gasteiger partial charge in [-0.15, -0.1) is 0 Å². The molecule has 1 aromatic rings. The van der Waals surface area contributed by atoms with Gasteiger partial charge in [-0.3, -0.25) is 0 Å². The van der Waals surface area contributed by atoms with E-state index in [1.165, 1.54) is 21.3 Å². The van der Waals surface area contributed by atoms with Gasteiger partial charge in [0.05, 0.1) is 51.6 Å². The van der Waals surface area contributed by atoms with Gasteiger partial charge < -0.3 is 28.6 Å². The van der Waals surface area contributed by atoms with Gasteiger partial charge in [0.2, 0.25) is 5.75 Å². The summed E-state index contributed by atoms with van der Waals surface area (Å²) in [6, 6.07) is 3.43. The minimum absolute atomic E-state index is 0.203. The van der Waals surface area contributed by atoms with Gasteiger partial charge >= 0.3 is 11.9 Å². The van der Waals surface area contributed by atoms with Crippen molar-refractivity contribution in [2.75, 3.05) is 41.6 Å². The monoisotopic (exact) mass is 405 g/mol. The van der Waals surface area contributed by atoms with Gasteiger partial charge in [0.1, 0.15) is 0 Å². The smallest absolute Gasteiger partial charge is 0.336 e. The SMILES string of the molecule is CCOC(=O)C1=CN(C)C=C(C(=O)OCC)C1c1ccc(OC)c(OC)c1OC. The van der Waals surface area contributed by atoms with Crippen LogP contribution in [0.25, 0.3) is 0 Å². The first-order valence-electron chi connectivity index (χ1n) is 9.21. The highest BCUT2D eigenvalue weighted by molar-refractivity contribution is 5.99. The van der Waals surface area contributed by atoms with Crippen LogP contribution in [0.3, 0.4) is 0 Å². The lowest BCUT2D eigenvalue weighted by molar-refractivity contribution is -0.139. The van der Waals surface area contributed by atoms with Crippen molar-refractivity contribution in [2.24, 2.45) is 0 Å². The molecule has 2 rings (SSSR count). The minimum Gasteiger partial charge on any atom is -0.493 e. The Morgan fingerprint density at radius 1 is 0.862 bits per heavy atom. The van der Waals surface area contributed by atoms with E-state index in [1.54, 1.807) is 50.3 Å². The molecule has 0 N–H and O–H groups in total. The quantitative estimate of drug-likeness (QED) is 0.611. The number of hydrogen-bond acceptors (Lipinski definition) is 8. The Balaban J connectivity index is 2.73. The first-order valence-corrected chi connectivity index (χ1v) is 9.21. The zero-order valence-corrected chi connectivity index (χ0v) is 17.6. The normalized spacial score (nSPS) is 13.9. The van der Waals surface area contributed by atoms with Crippen LogP contribution in [-0.4, -0.2) is 58.4 Å². The Kier molecular flexibility index (Phi) is 7.52. The largest absolute Gasteiger partial charge is 0.493 e. The van der Waals surface area contributed by atoms with E-state index in [0.717, 1.165) is 0 Å². The molecule has 1 aliphatic heterocycles. The van der Waals surface area contributed by atoms with Crippen molar-refractivity contribution >= 4 is 11.9 Å². The fraction of sp³-hybridized carbons (Fsp3) is 0.429. The molecule has 158 valence electrons. The molecule has 0 aliphatic carbocycles. The summed E-state index contributed by atoms with van der Waals surface area (Å²) in [7, 11) is 6.21. The lowest BCUT2D eigenvalue weighted by Crippen LogP contribution is -2.28. The minimum atomic E-state index is -0.765. The van der Waals surface area contributed by atoms with Gasteiger partial charge in [-0.05, 0) is 19.9 Å². The van der Waals surface area contributed by atoms with Crippen molar-refractivity contribution in [1.29, 1.82) is 0 Å². The van der Waals surface area contributed by atoms with Crippen LogP contribution in [-0.2, 0) is 19.1 Å². The number of rotatable bonds is 8. The molecule has 1 heterocycles. The highest BCUT2D eigenvalue weighted by Crippen LogP contribution is 2.47. The summed E-state index contributed by atoms with van der Waals surface area (Å²) in [6.45, 7) is 3.85. The molecule has 0 aromatic heterocycles. The van der Waals surface area contributed by atoms with Crippen molar-refractivity contribution < 1.29 is 33.3 Å². The predicted molar refractivity (Wildman–Crippen MR) is 106 cm³/mol. The van der Waals surface area contributed by atoms with Crippen molar-refractivity contribution in [3.05, 3.63) is 41.2 Å². The molecule has 0 fully saturated rings. The second-order valence-electron chi connectivity index (χ2n) is 6.13. The average molecular weight is 405 g/mol. The molecule has 8 nitrogen and oxygen atoms in total. The van der Waals surface area contributed by atoms with Gasteiger partial charge in [-0.2, -0.15) is 0 Å². The molecule has 0 unspecified atom stereocenters. The van der Waals surface area contributed by atoms with Gasteiger partial charge in [0.15, 0.2) is 11.5 Å². The van der Waals surface area contributed by atoms with Gasteiger partial charge in [0.25, 0.3) is 0 Å². The number of benzene rings is 1. The van der Waals surface area contributed by atoms with Crippen LogP contribution >= 0.6 is 0 Å². The van der Waals surface area contributed by atoms with Crippen LogP contribution in [0.2, 0.25) is 0 Å². The Morgan fingerprint density at radius 2 is 1.38 bits per heavy atom. The Hall–Kier alpha value is -3.16. The summed E-state index contributed by atoms with van der Waals surface area (Å²) in [5, 5.41) is 0. The maximum atomic E-state index is 12.7. The molecule has 0 spiro atoms. The van der Waals surface area contributed by atoms with Crippen LogP contribution in [0.1, 0.15) is 25.3 Å². The van der Waals surface area contributed by atoms with Crippen LogP contribution < -0.4 is 14.2 Å². The summed E-state index contributed by atoms with van der Waals surface area (Å²) in [6.07, 6.45) is 3.25. The summed E-state index contributed by atoms with van der Waals surface area (Å²) in [5.74, 6) is -0.653. The summed E-state index contributed by atoms with van der Waals surface area (Å²) >= 11 is 0. The first kappa shape index (κ1) is 22.1. The number of carbonyl (C=O) groups excluding carboxylic acids is 2. The zero-order chi connectivity index (χ0) is 21.6. The highest BCUT2D eigenvalue weighted by Gasteiger charge is 2.37. The fourth-order valence-electron chi connectivity index (χ4n) is 3.25. The van der Waals surface area contributed by atoms with Crippen molar-refractivity contribution in [3.8, 4) is 17.2 Å². The molecule has 0 radical (unpaired) electrons. The summed E-state index contributed by atoms with van der Waals surface area (Å²) < 4.78 is 26.9. The van der Waals surface area contributed by atoms with E-state index in [4.69, 9.17) is 23.7 Å². The number of esters is 2. The third kappa shape index (κ3) is 4.47. The van der Waals surface area contributed by atoms with E-state index in [2.05, 4.69) is 0 Å². The third-order valence-electron chi connectivity index (χ3n) is 4.38. The molecule has 0 amide bonds. The van der Waals surface area contributed by atoms with E-state index in [1.807, 2.05) is 0 Å². The van der Waals surface area contributed by atoms with E-state index in [0.29, 0.717) is 22.8 Å². The molecule has 8 heteroatoms. The molecule has 0 bridgehead atoms. The predicted octanol–water partition coefficient (Wildman–Crippen LogP) is 2.64. The molecule has 1 aromatic carbocycles. The second kappa shape index (κ2) is 9.86. The molecule has 1 aliphatic rings. The number of hydrogen-bond donors (Lipinski definition) is 0. The third-order valence-corrected chi connectivity index (χ3v) is 4.38. The number of nitrogens with zero attached hydrogens (tertiary/aromatic N) is 1. The topological polar surface area (TPSA) is 83.5 Å². The van der Waals surface area contributed by atoms with Crippen LogP contribution in [0.4, 0.5) is 0 Å². The number of carbonyl (C=O) groups is 2. The maximum Gasteiger partial charge on any atom is 0.336 e. The Bertz CT molecular complexity index is 793. The average Bonchev–Trinajstić information content (AvgIpc) is 2.72. The van der Waals surface area contributed by atoms with Crippen molar-refractivity contribution in [2.45, 2.75) is 19.8 Å². The zero-order valence-electron chi connectivity index (χ0n) is 17.6. The van der Waals surface area contributed by atoms with Crippen molar-refractivity contribution in [1.82, 2.24) is 4.90 Å². The lowest BCUT2D eigenvalue weighted by Gasteiger charge is -2.30. The molecular weight excluding hydrogens is 378 g/mol. The molecule has 29 heavy (non-hydrogen) atoms. The standard InChI is InChI=1S/C21H27NO7/c1-7-28-20(23)14-11-22(3)12-15(21(24)29-8-2)17(14)13-9-10-16(25-4)19(27-6)18(13)26-5/h9-12,17H,7-8H2,1-6H3. The van der Waals surface area contributed by atoms with Crippen LogP contribution in [0.5, 0.6) is 17.2 Å². The molecule has 0 saturated heterocycles. The lowest BCUT2D eigenvalue weighted by atomic mass is 9.82. The van der Waals surface area contributed by atoms with E-state index in [9.17, 15) is 9.59 Å². The first-order chi connectivity index (χ1) is 13.9. The van der Waals surface area contributed by atoms with Gasteiger partial charge in [0, 0.05) is 25.0 Å². The number of methoxy groups -OCH3 is 3. The summed E-state index contributed by atoms with van der Waals surface area (Å²) in [4.78, 5) is 27.1. The van der Waals surface area contributed by atoms with E-state index < -0.39 is 17.9 Å². The van der Waals surface area contributed by atoms with Gasteiger partial charge in [-0.25, -0.2) is 9.59 Å². The Labute approximate surface area is 170 Å². The maximum absolute atomic E-state index is 12.7. The Morgan fingerprint density at radius 3 is 1.79 bits per heavy atom. The van der Waals surface area contributed by atoms with E-state index in [-0.39, 0.29) is 24.4 Å². The molecule has 0 saturated carbocycles. The van der Waals surface area contributed by atoms with Crippen LogP contribution in [0, 0.1) is 0 Å². The molecule has 0 atom stereocenters. The van der Waals surface area contributed by atoms with E-state index >= 15 is 0 Å². The van der Waals surface area contributed by atoms with Crippen molar-refractivity contribution in [3.63, 3.8) is 0 Å². The summed E-state index contributed by atoms with van der Waals surface area (Å²) in [5.41, 5.74) is 1.12. The number of ether oxygens (including phenoxy) is 5. The fourth-order valence-corrected chi connectivity index (χ4v) is 3.25. The second-order valence-corrected chi connectivity index (χ2v) is 6.13. The highest BCUT2D eigenvalue weighted by atomic mass is 16.5. The van der Waals surface area contributed by atoms with Crippen LogP contribution in [0.15, 0.2) is 35.7 Å².